The predicted molar refractivity (Wildman–Crippen MR) is 148 cm³/mol. The lowest BCUT2D eigenvalue weighted by atomic mass is 9.85. The van der Waals surface area contributed by atoms with Crippen LogP contribution in [0.4, 0.5) is 0 Å². The average Bonchev–Trinajstić information content (AvgIpc) is 3.23. The van der Waals surface area contributed by atoms with E-state index in [-0.39, 0.29) is 5.92 Å². The second kappa shape index (κ2) is 10.3. The van der Waals surface area contributed by atoms with Gasteiger partial charge in [-0.25, -0.2) is 4.98 Å². The summed E-state index contributed by atoms with van der Waals surface area (Å²) in [5, 5.41) is 1.47. The SMILES string of the molecule is CCc1nc2ccc(C(c3ccc(Cl)cc3)c3ccc(Cl)cc3)cc2n1C[C@H](C)c1ccccc1. The first-order valence-electron chi connectivity index (χ1n) is 12.1. The molecular formula is C31H28Cl2N2. The molecule has 0 N–H and O–H groups in total. The minimum atomic E-state index is 0.0638. The van der Waals surface area contributed by atoms with E-state index in [4.69, 9.17) is 28.2 Å². The lowest BCUT2D eigenvalue weighted by molar-refractivity contribution is 0.588. The lowest BCUT2D eigenvalue weighted by Gasteiger charge is -2.20. The van der Waals surface area contributed by atoms with Crippen LogP contribution in [-0.4, -0.2) is 9.55 Å². The highest BCUT2D eigenvalue weighted by Gasteiger charge is 2.20. The minimum absolute atomic E-state index is 0.0638. The van der Waals surface area contributed by atoms with Gasteiger partial charge in [0, 0.05) is 28.9 Å². The van der Waals surface area contributed by atoms with E-state index in [9.17, 15) is 0 Å². The van der Waals surface area contributed by atoms with E-state index in [1.54, 1.807) is 0 Å². The van der Waals surface area contributed by atoms with E-state index < -0.39 is 0 Å². The standard InChI is InChI=1S/C31H28Cl2N2/c1-3-30-34-28-18-13-25(19-29(28)35(30)20-21(2)22-7-5-4-6-8-22)31(23-9-14-26(32)15-10-23)24-11-16-27(33)17-12-24/h4-19,21,31H,3,20H2,1-2H3/t21-/m0/s1. The number of nitrogens with zero attached hydrogens (tertiary/aromatic N) is 2. The van der Waals surface area contributed by atoms with Crippen molar-refractivity contribution >= 4 is 34.2 Å². The van der Waals surface area contributed by atoms with Crippen molar-refractivity contribution < 1.29 is 0 Å². The smallest absolute Gasteiger partial charge is 0.109 e. The largest absolute Gasteiger partial charge is 0.327 e. The van der Waals surface area contributed by atoms with Gasteiger partial charge in [-0.3, -0.25) is 0 Å². The molecule has 35 heavy (non-hydrogen) atoms. The first-order valence-corrected chi connectivity index (χ1v) is 12.8. The highest BCUT2D eigenvalue weighted by atomic mass is 35.5. The molecule has 4 heteroatoms. The number of aryl methyl sites for hydroxylation is 1. The first-order chi connectivity index (χ1) is 17.0. The molecule has 0 saturated heterocycles. The molecule has 0 aliphatic heterocycles. The molecule has 0 spiro atoms. The first kappa shape index (κ1) is 23.7. The maximum atomic E-state index is 6.22. The summed E-state index contributed by atoms with van der Waals surface area (Å²) in [4.78, 5) is 4.98. The van der Waals surface area contributed by atoms with E-state index in [0.717, 1.165) is 34.4 Å². The fourth-order valence-corrected chi connectivity index (χ4v) is 5.14. The number of fused-ring (bicyclic) bond motifs is 1. The Morgan fingerprint density at radius 1 is 0.714 bits per heavy atom. The Hall–Kier alpha value is -3.07. The molecule has 1 atom stereocenters. The molecule has 2 nitrogen and oxygen atoms in total. The van der Waals surface area contributed by atoms with Crippen LogP contribution in [0.3, 0.4) is 0 Å². The van der Waals surface area contributed by atoms with Crippen molar-refractivity contribution in [2.24, 2.45) is 0 Å². The number of rotatable bonds is 7. The minimum Gasteiger partial charge on any atom is -0.327 e. The van der Waals surface area contributed by atoms with E-state index in [1.807, 2.05) is 24.3 Å². The summed E-state index contributed by atoms with van der Waals surface area (Å²) in [6.45, 7) is 5.35. The Kier molecular flexibility index (Phi) is 6.95. The summed E-state index contributed by atoms with van der Waals surface area (Å²) in [5.74, 6) is 1.56. The predicted octanol–water partition coefficient (Wildman–Crippen LogP) is 8.89. The topological polar surface area (TPSA) is 17.8 Å². The van der Waals surface area contributed by atoms with Crippen molar-refractivity contribution in [3.8, 4) is 0 Å². The van der Waals surface area contributed by atoms with E-state index in [1.165, 1.54) is 27.8 Å². The molecule has 0 unspecified atom stereocenters. The molecular weight excluding hydrogens is 471 g/mol. The molecule has 0 fully saturated rings. The van der Waals surface area contributed by atoms with Crippen LogP contribution in [0.15, 0.2) is 97.1 Å². The van der Waals surface area contributed by atoms with Crippen molar-refractivity contribution in [2.45, 2.75) is 38.6 Å². The van der Waals surface area contributed by atoms with Gasteiger partial charge in [0.25, 0.3) is 0 Å². The zero-order valence-electron chi connectivity index (χ0n) is 20.0. The number of aromatic nitrogens is 2. The number of benzene rings is 4. The van der Waals surface area contributed by atoms with E-state index in [0.29, 0.717) is 5.92 Å². The van der Waals surface area contributed by atoms with Crippen molar-refractivity contribution in [3.63, 3.8) is 0 Å². The number of imidazole rings is 1. The van der Waals surface area contributed by atoms with Crippen molar-refractivity contribution in [3.05, 3.63) is 135 Å². The van der Waals surface area contributed by atoms with Crippen LogP contribution in [0.5, 0.6) is 0 Å². The van der Waals surface area contributed by atoms with Crippen molar-refractivity contribution in [1.29, 1.82) is 0 Å². The Bertz CT molecular complexity index is 1380. The van der Waals surface area contributed by atoms with Gasteiger partial charge in [-0.1, -0.05) is 97.7 Å². The Morgan fingerprint density at radius 2 is 1.29 bits per heavy atom. The summed E-state index contributed by atoms with van der Waals surface area (Å²) >= 11 is 12.4. The number of halogens is 2. The summed E-state index contributed by atoms with van der Waals surface area (Å²) in [6, 6.07) is 33.6. The van der Waals surface area contributed by atoms with E-state index in [2.05, 4.69) is 91.2 Å². The molecule has 1 heterocycles. The van der Waals surface area contributed by atoms with Crippen molar-refractivity contribution in [1.82, 2.24) is 9.55 Å². The molecule has 0 amide bonds. The Labute approximate surface area is 217 Å². The maximum absolute atomic E-state index is 6.22. The summed E-state index contributed by atoms with van der Waals surface area (Å²) < 4.78 is 2.40. The molecule has 0 aliphatic rings. The van der Waals surface area contributed by atoms with Gasteiger partial charge in [-0.15, -0.1) is 0 Å². The van der Waals surface area contributed by atoms with Crippen LogP contribution < -0.4 is 0 Å². The summed E-state index contributed by atoms with van der Waals surface area (Å²) in [6.07, 6.45) is 0.892. The average molecular weight is 499 g/mol. The third kappa shape index (κ3) is 5.00. The van der Waals surface area contributed by atoms with Crippen LogP contribution in [0.1, 0.15) is 53.8 Å². The molecule has 5 rings (SSSR count). The molecule has 0 saturated carbocycles. The van der Waals surface area contributed by atoms with Crippen LogP contribution >= 0.6 is 23.2 Å². The van der Waals surface area contributed by atoms with Gasteiger partial charge in [0.1, 0.15) is 5.82 Å². The normalized spacial score (nSPS) is 12.4. The molecule has 0 aliphatic carbocycles. The van der Waals surface area contributed by atoms with Crippen LogP contribution in [0.2, 0.25) is 10.0 Å². The fourth-order valence-electron chi connectivity index (χ4n) is 4.89. The molecule has 176 valence electrons. The Morgan fingerprint density at radius 3 is 1.86 bits per heavy atom. The monoisotopic (exact) mass is 498 g/mol. The molecule has 5 aromatic rings. The zero-order valence-corrected chi connectivity index (χ0v) is 21.5. The highest BCUT2D eigenvalue weighted by Crippen LogP contribution is 2.35. The number of hydrogen-bond acceptors (Lipinski definition) is 1. The summed E-state index contributed by atoms with van der Waals surface area (Å²) in [5.41, 5.74) is 7.16. The van der Waals surface area contributed by atoms with Gasteiger partial charge in [-0.2, -0.15) is 0 Å². The van der Waals surface area contributed by atoms with Gasteiger partial charge in [0.2, 0.25) is 0 Å². The molecule has 1 aromatic heterocycles. The molecule has 0 radical (unpaired) electrons. The third-order valence-electron chi connectivity index (χ3n) is 6.73. The van der Waals surface area contributed by atoms with Crippen molar-refractivity contribution in [2.75, 3.05) is 0 Å². The van der Waals surface area contributed by atoms with Gasteiger partial charge in [-0.05, 0) is 64.6 Å². The van der Waals surface area contributed by atoms with Crippen LogP contribution in [0, 0.1) is 0 Å². The van der Waals surface area contributed by atoms with Gasteiger partial charge >= 0.3 is 0 Å². The third-order valence-corrected chi connectivity index (χ3v) is 7.24. The van der Waals surface area contributed by atoms with Crippen LogP contribution in [0.25, 0.3) is 11.0 Å². The van der Waals surface area contributed by atoms with E-state index >= 15 is 0 Å². The second-order valence-electron chi connectivity index (χ2n) is 9.09. The van der Waals surface area contributed by atoms with Gasteiger partial charge in [0.15, 0.2) is 0 Å². The molecule has 4 aromatic carbocycles. The van der Waals surface area contributed by atoms with Gasteiger partial charge in [0.05, 0.1) is 11.0 Å². The highest BCUT2D eigenvalue weighted by molar-refractivity contribution is 6.30. The zero-order chi connectivity index (χ0) is 24.4. The van der Waals surface area contributed by atoms with Crippen LogP contribution in [-0.2, 0) is 13.0 Å². The number of hydrogen-bond donors (Lipinski definition) is 0. The maximum Gasteiger partial charge on any atom is 0.109 e. The second-order valence-corrected chi connectivity index (χ2v) is 9.96. The van der Waals surface area contributed by atoms with Gasteiger partial charge < -0.3 is 4.57 Å². The lowest BCUT2D eigenvalue weighted by Crippen LogP contribution is -2.10. The fraction of sp³-hybridized carbons (Fsp3) is 0.194. The summed E-state index contributed by atoms with van der Waals surface area (Å²) in [7, 11) is 0. The molecule has 0 bridgehead atoms. The quantitative estimate of drug-likeness (QED) is 0.205. The Balaban J connectivity index is 1.62.